The number of halogens is 1. The first-order chi connectivity index (χ1) is 17.7. The van der Waals surface area contributed by atoms with E-state index in [1.165, 1.54) is 35.6 Å². The van der Waals surface area contributed by atoms with Crippen LogP contribution in [-0.4, -0.2) is 53.0 Å². The average Bonchev–Trinajstić information content (AvgIpc) is 2.89. The van der Waals surface area contributed by atoms with Crippen molar-refractivity contribution in [3.63, 3.8) is 0 Å². The van der Waals surface area contributed by atoms with Crippen LogP contribution in [0.5, 0.6) is 17.2 Å². The number of rotatable bonds is 12. The van der Waals surface area contributed by atoms with Crippen molar-refractivity contribution in [2.75, 3.05) is 34.4 Å². The first-order valence-corrected chi connectivity index (χ1v) is 13.5. The van der Waals surface area contributed by atoms with E-state index in [-0.39, 0.29) is 17.3 Å². The number of nitrogens with zero attached hydrogens (tertiary/aromatic N) is 1. The molecule has 1 N–H and O–H groups in total. The second-order valence-electron chi connectivity index (χ2n) is 8.17. The highest BCUT2D eigenvalue weighted by atomic mass is 35.5. The van der Waals surface area contributed by atoms with Crippen LogP contribution in [0.4, 0.5) is 0 Å². The topological polar surface area (TPSA) is 94.2 Å². The van der Waals surface area contributed by atoms with Crippen molar-refractivity contribution >= 4 is 27.5 Å². The maximum Gasteiger partial charge on any atom is 0.251 e. The number of carbonyl (C=O) groups is 1. The van der Waals surface area contributed by atoms with E-state index in [1.54, 1.807) is 32.4 Å². The molecule has 0 spiro atoms. The predicted molar refractivity (Wildman–Crippen MR) is 143 cm³/mol. The summed E-state index contributed by atoms with van der Waals surface area (Å²) in [5, 5.41) is 3.36. The van der Waals surface area contributed by atoms with Gasteiger partial charge in [0.1, 0.15) is 5.75 Å². The lowest BCUT2D eigenvalue weighted by Crippen LogP contribution is -2.28. The Morgan fingerprint density at radius 2 is 1.62 bits per heavy atom. The summed E-state index contributed by atoms with van der Waals surface area (Å²) in [5.41, 5.74) is 1.97. The van der Waals surface area contributed by atoms with Gasteiger partial charge >= 0.3 is 0 Å². The van der Waals surface area contributed by atoms with Crippen LogP contribution in [0.25, 0.3) is 0 Å². The molecule has 1 amide bonds. The van der Waals surface area contributed by atoms with Gasteiger partial charge in [-0.3, -0.25) is 4.79 Å². The van der Waals surface area contributed by atoms with E-state index in [1.807, 2.05) is 25.1 Å². The van der Waals surface area contributed by atoms with Crippen LogP contribution in [-0.2, 0) is 23.0 Å². The average molecular weight is 547 g/mol. The molecule has 37 heavy (non-hydrogen) atoms. The highest BCUT2D eigenvalue weighted by Gasteiger charge is 2.23. The molecule has 0 saturated heterocycles. The van der Waals surface area contributed by atoms with Crippen molar-refractivity contribution in [3.8, 4) is 17.2 Å². The van der Waals surface area contributed by atoms with Crippen molar-refractivity contribution in [1.29, 1.82) is 0 Å². The van der Waals surface area contributed by atoms with Gasteiger partial charge in [0.25, 0.3) is 5.91 Å². The monoisotopic (exact) mass is 546 g/mol. The summed E-state index contributed by atoms with van der Waals surface area (Å²) < 4.78 is 43.6. The molecule has 0 aliphatic rings. The fourth-order valence-corrected chi connectivity index (χ4v) is 4.99. The van der Waals surface area contributed by atoms with Crippen molar-refractivity contribution < 1.29 is 27.4 Å². The minimum atomic E-state index is -3.78. The van der Waals surface area contributed by atoms with Crippen LogP contribution in [0, 0.1) is 0 Å². The third-order valence-electron chi connectivity index (χ3n) is 5.68. The molecule has 198 valence electrons. The van der Waals surface area contributed by atoms with Crippen molar-refractivity contribution in [2.45, 2.75) is 24.8 Å². The van der Waals surface area contributed by atoms with Gasteiger partial charge in [0.2, 0.25) is 10.0 Å². The summed E-state index contributed by atoms with van der Waals surface area (Å²) in [6, 6.07) is 16.6. The minimum Gasteiger partial charge on any atom is -0.494 e. The van der Waals surface area contributed by atoms with E-state index in [0.29, 0.717) is 53.0 Å². The molecule has 8 nitrogen and oxygen atoms in total. The Morgan fingerprint density at radius 1 is 0.946 bits per heavy atom. The van der Waals surface area contributed by atoms with Gasteiger partial charge < -0.3 is 19.5 Å². The standard InChI is InChI=1S/C27H31ClN2O6S/c1-5-36-24-13-7-20(27(31)29-15-14-19-6-12-25(34-3)26(16-19)35-4)17-21(24)18-30(2)37(32,33)23-10-8-22(28)9-11-23/h6-13,16-17H,5,14-15,18H2,1-4H3,(H,29,31). The molecule has 3 aromatic rings. The lowest BCUT2D eigenvalue weighted by Gasteiger charge is -2.20. The van der Waals surface area contributed by atoms with E-state index < -0.39 is 10.0 Å². The second kappa shape index (κ2) is 12.8. The molecule has 0 radical (unpaired) electrons. The number of ether oxygens (including phenoxy) is 3. The quantitative estimate of drug-likeness (QED) is 0.358. The number of nitrogens with one attached hydrogen (secondary N) is 1. The largest absolute Gasteiger partial charge is 0.494 e. The Balaban J connectivity index is 1.72. The van der Waals surface area contributed by atoms with Crippen LogP contribution in [0.3, 0.4) is 0 Å². The lowest BCUT2D eigenvalue weighted by molar-refractivity contribution is 0.0954. The minimum absolute atomic E-state index is 0.0209. The molecule has 0 bridgehead atoms. The Kier molecular flexibility index (Phi) is 9.79. The summed E-state index contributed by atoms with van der Waals surface area (Å²) >= 11 is 5.90. The normalized spacial score (nSPS) is 11.3. The van der Waals surface area contributed by atoms with E-state index in [0.717, 1.165) is 5.56 Å². The van der Waals surface area contributed by atoms with Gasteiger partial charge in [0.05, 0.1) is 25.7 Å². The van der Waals surface area contributed by atoms with Gasteiger partial charge in [0, 0.05) is 36.3 Å². The van der Waals surface area contributed by atoms with Crippen molar-refractivity contribution in [3.05, 3.63) is 82.4 Å². The highest BCUT2D eigenvalue weighted by Crippen LogP contribution is 2.28. The fraction of sp³-hybridized carbons (Fsp3) is 0.296. The van der Waals surface area contributed by atoms with E-state index in [4.69, 9.17) is 25.8 Å². The van der Waals surface area contributed by atoms with Gasteiger partial charge in [-0.1, -0.05) is 17.7 Å². The third-order valence-corrected chi connectivity index (χ3v) is 7.75. The predicted octanol–water partition coefficient (Wildman–Crippen LogP) is 4.55. The van der Waals surface area contributed by atoms with Crippen LogP contribution >= 0.6 is 11.6 Å². The molecule has 0 saturated carbocycles. The van der Waals surface area contributed by atoms with Crippen LogP contribution in [0.1, 0.15) is 28.4 Å². The van der Waals surface area contributed by atoms with Gasteiger partial charge in [-0.05, 0) is 73.5 Å². The van der Waals surface area contributed by atoms with E-state index in [9.17, 15) is 13.2 Å². The fourth-order valence-electron chi connectivity index (χ4n) is 3.71. The van der Waals surface area contributed by atoms with Crippen molar-refractivity contribution in [2.24, 2.45) is 0 Å². The van der Waals surface area contributed by atoms with Gasteiger partial charge in [-0.15, -0.1) is 0 Å². The number of methoxy groups -OCH3 is 2. The van der Waals surface area contributed by atoms with Crippen LogP contribution in [0.2, 0.25) is 5.02 Å². The molecule has 3 rings (SSSR count). The first-order valence-electron chi connectivity index (χ1n) is 11.7. The molecule has 10 heteroatoms. The Morgan fingerprint density at radius 3 is 2.27 bits per heavy atom. The molecule has 3 aromatic carbocycles. The zero-order chi connectivity index (χ0) is 27.0. The third kappa shape index (κ3) is 7.15. The molecule has 0 aliphatic heterocycles. The number of hydrogen-bond acceptors (Lipinski definition) is 6. The summed E-state index contributed by atoms with van der Waals surface area (Å²) in [6.45, 7) is 2.67. The zero-order valence-electron chi connectivity index (χ0n) is 21.3. The number of benzene rings is 3. The summed E-state index contributed by atoms with van der Waals surface area (Å²) in [4.78, 5) is 13.0. The summed E-state index contributed by atoms with van der Waals surface area (Å²) in [5.74, 6) is 1.51. The molecule has 0 atom stereocenters. The maximum absolute atomic E-state index is 13.0. The summed E-state index contributed by atoms with van der Waals surface area (Å²) in [6.07, 6.45) is 0.595. The van der Waals surface area contributed by atoms with Crippen molar-refractivity contribution in [1.82, 2.24) is 9.62 Å². The van der Waals surface area contributed by atoms with Gasteiger partial charge in [0.15, 0.2) is 11.5 Å². The highest BCUT2D eigenvalue weighted by molar-refractivity contribution is 7.89. The zero-order valence-corrected chi connectivity index (χ0v) is 22.9. The molecular formula is C27H31ClN2O6S. The van der Waals surface area contributed by atoms with Crippen LogP contribution in [0.15, 0.2) is 65.6 Å². The van der Waals surface area contributed by atoms with E-state index >= 15 is 0 Å². The van der Waals surface area contributed by atoms with E-state index in [2.05, 4.69) is 5.32 Å². The smallest absolute Gasteiger partial charge is 0.251 e. The number of sulfonamides is 1. The lowest BCUT2D eigenvalue weighted by atomic mass is 10.1. The molecular weight excluding hydrogens is 516 g/mol. The molecule has 0 heterocycles. The van der Waals surface area contributed by atoms with Gasteiger partial charge in [-0.2, -0.15) is 4.31 Å². The van der Waals surface area contributed by atoms with Gasteiger partial charge in [-0.25, -0.2) is 8.42 Å². The maximum atomic E-state index is 13.0. The Bertz CT molecular complexity index is 1330. The SMILES string of the molecule is CCOc1ccc(C(=O)NCCc2ccc(OC)c(OC)c2)cc1CN(C)S(=O)(=O)c1ccc(Cl)cc1. The number of hydrogen-bond donors (Lipinski definition) is 1. The molecule has 0 unspecified atom stereocenters. The molecule has 0 aliphatic carbocycles. The Hall–Kier alpha value is -3.27. The first kappa shape index (κ1) is 28.3. The second-order valence-corrected chi connectivity index (χ2v) is 10.6. The summed E-state index contributed by atoms with van der Waals surface area (Å²) in [7, 11) is 0.858. The Labute approximate surface area is 223 Å². The van der Waals surface area contributed by atoms with Crippen LogP contribution < -0.4 is 19.5 Å². The number of carbonyl (C=O) groups excluding carboxylic acids is 1. The molecule has 0 fully saturated rings. The molecule has 0 aromatic heterocycles. The number of amides is 1.